The molecule has 0 aliphatic carbocycles. The first-order valence-electron chi connectivity index (χ1n) is 8.16. The Morgan fingerprint density at radius 1 is 1.21 bits per heavy atom. The maximum atomic E-state index is 12.5. The van der Waals surface area contributed by atoms with Gasteiger partial charge in [-0.15, -0.1) is 10.2 Å². The van der Waals surface area contributed by atoms with Crippen molar-refractivity contribution in [3.63, 3.8) is 0 Å². The number of hydrogen-bond donors (Lipinski definition) is 0. The first-order chi connectivity index (χ1) is 13.0. The highest BCUT2D eigenvalue weighted by Crippen LogP contribution is 2.39. The van der Waals surface area contributed by atoms with Gasteiger partial charge < -0.3 is 9.62 Å². The Bertz CT molecular complexity index is 939. The molecule has 0 bridgehead atoms. The van der Waals surface area contributed by atoms with Gasteiger partial charge >= 0.3 is 6.18 Å². The van der Waals surface area contributed by atoms with E-state index in [0.29, 0.717) is 24.6 Å². The molecule has 1 heterocycles. The van der Waals surface area contributed by atoms with E-state index < -0.39 is 22.0 Å². The minimum absolute atomic E-state index is 0.00880. The maximum absolute atomic E-state index is 12.5. The quantitative estimate of drug-likeness (QED) is 0.543. The average molecular weight is 435 g/mol. The molecule has 0 unspecified atom stereocenters. The van der Waals surface area contributed by atoms with Crippen LogP contribution in [0.4, 0.5) is 35.4 Å². The zero-order valence-corrected chi connectivity index (χ0v) is 16.9. The van der Waals surface area contributed by atoms with Gasteiger partial charge in [-0.3, -0.25) is 0 Å². The number of anilines is 1. The predicted molar refractivity (Wildman–Crippen MR) is 102 cm³/mol. The summed E-state index contributed by atoms with van der Waals surface area (Å²) in [6, 6.07) is 4.50. The van der Waals surface area contributed by atoms with Gasteiger partial charge in [-0.1, -0.05) is 11.8 Å². The monoisotopic (exact) mass is 435 g/mol. The lowest BCUT2D eigenvalue weighted by atomic mass is 10.2. The molecule has 8 nitrogen and oxygen atoms in total. The fraction of sp³-hybridized carbons (Fsp3) is 0.467. The number of aryl methyl sites for hydroxylation is 1. The highest BCUT2D eigenvalue weighted by Gasteiger charge is 2.31. The van der Waals surface area contributed by atoms with Gasteiger partial charge in [-0.25, -0.2) is 13.4 Å². The molecule has 0 aliphatic rings. The summed E-state index contributed by atoms with van der Waals surface area (Å²) in [5.74, 6) is -1.56. The molecule has 1 aromatic heterocycles. The molecule has 28 heavy (non-hydrogen) atoms. The van der Waals surface area contributed by atoms with Crippen LogP contribution in [-0.4, -0.2) is 42.8 Å². The van der Waals surface area contributed by atoms with Crippen LogP contribution in [0, 0.1) is 6.92 Å². The molecule has 0 radical (unpaired) electrons. The Hall–Kier alpha value is -2.28. The summed E-state index contributed by atoms with van der Waals surface area (Å²) in [5.41, 5.74) is 0.393. The first kappa shape index (κ1) is 22.0. The molecule has 154 valence electrons. The number of halogens is 3. The Morgan fingerprint density at radius 3 is 2.43 bits per heavy atom. The van der Waals surface area contributed by atoms with Crippen molar-refractivity contribution in [3.05, 3.63) is 28.7 Å². The lowest BCUT2D eigenvalue weighted by Crippen LogP contribution is -2.22. The highest BCUT2D eigenvalue weighted by molar-refractivity contribution is 7.94. The number of alkyl halides is 3. The number of rotatable bonds is 8. The van der Waals surface area contributed by atoms with E-state index in [-0.39, 0.29) is 16.5 Å². The number of azo groups is 1. The summed E-state index contributed by atoms with van der Waals surface area (Å²) in [6.07, 6.45) is -4.90. The van der Waals surface area contributed by atoms with Crippen LogP contribution in [0.3, 0.4) is 0 Å². The second kappa shape index (κ2) is 8.82. The summed E-state index contributed by atoms with van der Waals surface area (Å²) >= 11 is 0.984. The molecule has 0 amide bonds. The SMILES string of the molecule is CCN(CC)c1ccc(N=Nc2nc(C)ns2)c([N-]S(=O)(=O)CC(F)(F)F)c1. The number of aromatic nitrogens is 2. The van der Waals surface area contributed by atoms with Crippen LogP contribution >= 0.6 is 11.5 Å². The largest absolute Gasteiger partial charge is 0.575 e. The number of hydrogen-bond acceptors (Lipinski definition) is 8. The van der Waals surface area contributed by atoms with Crippen LogP contribution in [-0.2, 0) is 10.0 Å². The van der Waals surface area contributed by atoms with Gasteiger partial charge in [0.1, 0.15) is 21.6 Å². The van der Waals surface area contributed by atoms with Gasteiger partial charge in [0.05, 0.1) is 5.69 Å². The summed E-state index contributed by atoms with van der Waals surface area (Å²) < 4.78 is 68.6. The third-order valence-corrected chi connectivity index (χ3v) is 5.29. The first-order valence-corrected chi connectivity index (χ1v) is 10.5. The summed E-state index contributed by atoms with van der Waals surface area (Å²) in [4.78, 5) is 5.89. The van der Waals surface area contributed by atoms with Gasteiger partial charge in [0.25, 0.3) is 0 Å². The van der Waals surface area contributed by atoms with E-state index in [1.54, 1.807) is 13.0 Å². The lowest BCUT2D eigenvalue weighted by Gasteiger charge is -2.27. The Morgan fingerprint density at radius 2 is 1.89 bits per heavy atom. The molecule has 1 aromatic carbocycles. The molecule has 2 aromatic rings. The van der Waals surface area contributed by atoms with Crippen molar-refractivity contribution in [1.82, 2.24) is 9.36 Å². The van der Waals surface area contributed by atoms with Crippen molar-refractivity contribution < 1.29 is 21.6 Å². The predicted octanol–water partition coefficient (Wildman–Crippen LogP) is 5.01. The topological polar surface area (TPSA) is 102 Å². The van der Waals surface area contributed by atoms with E-state index in [1.807, 2.05) is 18.7 Å². The Balaban J connectivity index is 2.41. The van der Waals surface area contributed by atoms with E-state index in [9.17, 15) is 21.6 Å². The second-order valence-corrected chi connectivity index (χ2v) is 7.97. The Kier molecular flexibility index (Phi) is 6.93. The summed E-state index contributed by atoms with van der Waals surface area (Å²) in [7, 11) is -4.80. The molecule has 0 saturated heterocycles. The van der Waals surface area contributed by atoms with Gasteiger partial charge in [0.2, 0.25) is 5.13 Å². The Labute approximate surface area is 164 Å². The van der Waals surface area contributed by atoms with Crippen molar-refractivity contribution in [2.24, 2.45) is 10.2 Å². The summed E-state index contributed by atoms with van der Waals surface area (Å²) in [5, 5.41) is 7.99. The minimum Gasteiger partial charge on any atom is -0.575 e. The van der Waals surface area contributed by atoms with Crippen LogP contribution in [0.1, 0.15) is 19.7 Å². The van der Waals surface area contributed by atoms with E-state index in [4.69, 9.17) is 0 Å². The lowest BCUT2D eigenvalue weighted by molar-refractivity contribution is -0.106. The van der Waals surface area contributed by atoms with Gasteiger partial charge in [0.15, 0.2) is 0 Å². The molecule has 0 atom stereocenters. The standard InChI is InChI=1S/C15H18F3N6O2S2/c1-4-24(5-2)11-6-7-12(20-21-14-19-10(3)22-27-14)13(8-11)23-28(25,26)9-15(16,17)18/h6-8H,4-5,9H2,1-3H3/q-1. The average Bonchev–Trinajstić information content (AvgIpc) is 2.98. The van der Waals surface area contributed by atoms with Crippen molar-refractivity contribution in [2.45, 2.75) is 26.9 Å². The molecule has 0 N–H and O–H groups in total. The van der Waals surface area contributed by atoms with Crippen molar-refractivity contribution in [2.75, 3.05) is 23.7 Å². The number of nitrogens with zero attached hydrogens (tertiary/aromatic N) is 6. The second-order valence-electron chi connectivity index (χ2n) is 5.60. The zero-order valence-electron chi connectivity index (χ0n) is 15.3. The fourth-order valence-corrected chi connectivity index (χ4v) is 3.70. The minimum atomic E-state index is -4.90. The van der Waals surface area contributed by atoms with E-state index in [2.05, 4.69) is 24.3 Å². The maximum Gasteiger partial charge on any atom is 0.401 e. The normalized spacial score (nSPS) is 12.5. The molecular weight excluding hydrogens is 417 g/mol. The van der Waals surface area contributed by atoms with E-state index in [0.717, 1.165) is 11.5 Å². The van der Waals surface area contributed by atoms with E-state index >= 15 is 0 Å². The number of sulfonamides is 1. The fourth-order valence-electron chi connectivity index (χ4n) is 2.27. The van der Waals surface area contributed by atoms with Crippen LogP contribution in [0.5, 0.6) is 0 Å². The van der Waals surface area contributed by atoms with Crippen molar-refractivity contribution >= 4 is 43.7 Å². The number of benzene rings is 1. The zero-order chi connectivity index (χ0) is 20.9. The van der Waals surface area contributed by atoms with Gasteiger partial charge in [-0.2, -0.15) is 17.5 Å². The molecular formula is C15H18F3N6O2S2-. The van der Waals surface area contributed by atoms with Crippen LogP contribution in [0.2, 0.25) is 0 Å². The molecule has 13 heteroatoms. The van der Waals surface area contributed by atoms with Crippen molar-refractivity contribution in [1.29, 1.82) is 0 Å². The molecule has 0 spiro atoms. The van der Waals surface area contributed by atoms with Gasteiger partial charge in [-0.05, 0) is 32.9 Å². The molecule has 0 saturated carbocycles. The molecule has 0 aliphatic heterocycles. The molecule has 2 rings (SSSR count). The van der Waals surface area contributed by atoms with E-state index in [1.165, 1.54) is 12.1 Å². The van der Waals surface area contributed by atoms with Crippen molar-refractivity contribution in [3.8, 4) is 0 Å². The highest BCUT2D eigenvalue weighted by atomic mass is 32.2. The van der Waals surface area contributed by atoms with Crippen LogP contribution in [0.25, 0.3) is 4.72 Å². The molecule has 0 fully saturated rings. The van der Waals surface area contributed by atoms with Gasteiger partial charge in [0, 0.05) is 30.3 Å². The van der Waals surface area contributed by atoms with Crippen LogP contribution in [0.15, 0.2) is 28.4 Å². The smallest absolute Gasteiger partial charge is 0.401 e. The summed E-state index contributed by atoms with van der Waals surface area (Å²) in [6.45, 7) is 6.70. The third kappa shape index (κ3) is 6.41. The third-order valence-electron chi connectivity index (χ3n) is 3.43. The van der Waals surface area contributed by atoms with Crippen LogP contribution < -0.4 is 4.90 Å².